The third kappa shape index (κ3) is 1.57. The Morgan fingerprint density at radius 3 is 2.65 bits per heavy atom. The van der Waals surface area contributed by atoms with Gasteiger partial charge in [0.05, 0.1) is 5.41 Å². The maximum absolute atomic E-state index is 5.50. The van der Waals surface area contributed by atoms with E-state index in [1.807, 2.05) is 18.2 Å². The number of H-pyrrole nitrogens is 1. The van der Waals surface area contributed by atoms with E-state index in [0.717, 1.165) is 12.8 Å². The molecule has 1 aliphatic rings. The first-order valence-corrected chi connectivity index (χ1v) is 6.64. The van der Waals surface area contributed by atoms with Crippen molar-refractivity contribution in [2.24, 2.45) is 0 Å². The Morgan fingerprint density at radius 1 is 1.15 bits per heavy atom. The van der Waals surface area contributed by atoms with Crippen LogP contribution >= 0.6 is 0 Å². The predicted octanol–water partition coefficient (Wildman–Crippen LogP) is 2.32. The lowest BCUT2D eigenvalue weighted by molar-refractivity contribution is 0.216. The first kappa shape index (κ1) is 11.3. The molecule has 1 aliphatic carbocycles. The lowest BCUT2D eigenvalue weighted by atomic mass is 9.64. The van der Waals surface area contributed by atoms with Crippen molar-refractivity contribution in [1.29, 1.82) is 0 Å². The lowest BCUT2D eigenvalue weighted by Gasteiger charge is -2.38. The average Bonchev–Trinajstić information content (AvgIpc) is 3.09. The van der Waals surface area contributed by atoms with Crippen LogP contribution in [-0.4, -0.2) is 25.3 Å². The Morgan fingerprint density at radius 2 is 2.00 bits per heavy atom. The highest BCUT2D eigenvalue weighted by Gasteiger charge is 2.45. The topological polar surface area (TPSA) is 80.5 Å². The van der Waals surface area contributed by atoms with Gasteiger partial charge in [-0.05, 0) is 18.4 Å². The predicted molar refractivity (Wildman–Crippen MR) is 70.7 cm³/mol. The van der Waals surface area contributed by atoms with Gasteiger partial charge in [-0.15, -0.1) is 0 Å². The molecule has 1 fully saturated rings. The number of benzene rings is 1. The number of rotatable bonds is 3. The van der Waals surface area contributed by atoms with E-state index >= 15 is 0 Å². The second kappa shape index (κ2) is 4.26. The van der Waals surface area contributed by atoms with Gasteiger partial charge in [0.25, 0.3) is 0 Å². The molecule has 0 bridgehead atoms. The standard InChI is InChI=1S/C14H13N5O/c1-2-5-10(6-3-1)14(7-4-8-14)13-17-12(19-20-13)11-15-9-16-18-11/h1-3,5-6,9H,4,7-8H2,(H,15,16,18). The molecule has 100 valence electrons. The van der Waals surface area contributed by atoms with Crippen molar-refractivity contribution in [3.05, 3.63) is 48.1 Å². The first-order chi connectivity index (χ1) is 9.88. The van der Waals surface area contributed by atoms with Gasteiger partial charge in [-0.2, -0.15) is 10.1 Å². The molecule has 0 spiro atoms. The SMILES string of the molecule is c1ccc(C2(c3nc(-c4ncn[nH]4)no3)CCC2)cc1. The summed E-state index contributed by atoms with van der Waals surface area (Å²) in [5.74, 6) is 1.66. The van der Waals surface area contributed by atoms with Crippen molar-refractivity contribution in [2.45, 2.75) is 24.7 Å². The molecule has 1 N–H and O–H groups in total. The summed E-state index contributed by atoms with van der Waals surface area (Å²) < 4.78 is 5.50. The molecule has 4 rings (SSSR count). The van der Waals surface area contributed by atoms with E-state index < -0.39 is 0 Å². The Labute approximate surface area is 115 Å². The fraction of sp³-hybridized carbons (Fsp3) is 0.286. The minimum absolute atomic E-state index is 0.132. The minimum Gasteiger partial charge on any atom is -0.338 e. The van der Waals surface area contributed by atoms with Crippen molar-refractivity contribution < 1.29 is 4.52 Å². The van der Waals surface area contributed by atoms with Gasteiger partial charge < -0.3 is 4.52 Å². The molecule has 0 unspecified atom stereocenters. The van der Waals surface area contributed by atoms with Crippen LogP contribution in [0.15, 0.2) is 41.2 Å². The quantitative estimate of drug-likeness (QED) is 0.787. The van der Waals surface area contributed by atoms with E-state index in [1.165, 1.54) is 18.3 Å². The van der Waals surface area contributed by atoms with Crippen LogP contribution in [0.1, 0.15) is 30.7 Å². The zero-order chi connectivity index (χ0) is 13.4. The van der Waals surface area contributed by atoms with E-state index in [-0.39, 0.29) is 5.41 Å². The van der Waals surface area contributed by atoms with Crippen LogP contribution in [-0.2, 0) is 5.41 Å². The molecule has 6 heteroatoms. The van der Waals surface area contributed by atoms with Crippen LogP contribution in [0.3, 0.4) is 0 Å². The summed E-state index contributed by atoms with van der Waals surface area (Å²) in [5.41, 5.74) is 1.10. The largest absolute Gasteiger partial charge is 0.338 e. The highest BCUT2D eigenvalue weighted by Crippen LogP contribution is 2.48. The molecule has 0 atom stereocenters. The Balaban J connectivity index is 1.76. The van der Waals surface area contributed by atoms with Crippen molar-refractivity contribution >= 4 is 0 Å². The molecule has 20 heavy (non-hydrogen) atoms. The van der Waals surface area contributed by atoms with Gasteiger partial charge in [-0.1, -0.05) is 41.9 Å². The second-order valence-electron chi connectivity index (χ2n) is 5.06. The molecule has 2 aromatic heterocycles. The molecule has 1 saturated carbocycles. The molecular formula is C14H13N5O. The van der Waals surface area contributed by atoms with Crippen molar-refractivity contribution in [1.82, 2.24) is 25.3 Å². The van der Waals surface area contributed by atoms with Gasteiger partial charge in [0, 0.05) is 0 Å². The molecule has 3 aromatic rings. The fourth-order valence-electron chi connectivity index (χ4n) is 2.74. The summed E-state index contributed by atoms with van der Waals surface area (Å²) in [5, 5.41) is 10.6. The van der Waals surface area contributed by atoms with Crippen molar-refractivity contribution in [3.63, 3.8) is 0 Å². The molecule has 0 aliphatic heterocycles. The van der Waals surface area contributed by atoms with E-state index in [0.29, 0.717) is 17.5 Å². The zero-order valence-corrected chi connectivity index (χ0v) is 10.8. The van der Waals surface area contributed by atoms with E-state index in [1.54, 1.807) is 0 Å². The second-order valence-corrected chi connectivity index (χ2v) is 5.06. The number of aromatic amines is 1. The lowest BCUT2D eigenvalue weighted by Crippen LogP contribution is -2.35. The maximum Gasteiger partial charge on any atom is 0.239 e. The van der Waals surface area contributed by atoms with Crippen LogP contribution in [0.5, 0.6) is 0 Å². The Bertz CT molecular complexity index is 700. The summed E-state index contributed by atoms with van der Waals surface area (Å²) >= 11 is 0. The number of nitrogens with zero attached hydrogens (tertiary/aromatic N) is 4. The van der Waals surface area contributed by atoms with Crippen LogP contribution < -0.4 is 0 Å². The highest BCUT2D eigenvalue weighted by molar-refractivity contribution is 5.42. The number of hydrogen-bond acceptors (Lipinski definition) is 5. The number of hydrogen-bond donors (Lipinski definition) is 1. The summed E-state index contributed by atoms with van der Waals surface area (Å²) in [7, 11) is 0. The van der Waals surface area contributed by atoms with E-state index in [4.69, 9.17) is 4.52 Å². The summed E-state index contributed by atoms with van der Waals surface area (Å²) in [6.45, 7) is 0. The zero-order valence-electron chi connectivity index (χ0n) is 10.8. The molecule has 0 amide bonds. The third-order valence-electron chi connectivity index (χ3n) is 4.00. The monoisotopic (exact) mass is 267 g/mol. The average molecular weight is 267 g/mol. The third-order valence-corrected chi connectivity index (χ3v) is 4.00. The summed E-state index contributed by atoms with van der Waals surface area (Å²) in [4.78, 5) is 8.56. The number of nitrogens with one attached hydrogen (secondary N) is 1. The maximum atomic E-state index is 5.50. The molecule has 0 radical (unpaired) electrons. The van der Waals surface area contributed by atoms with E-state index in [2.05, 4.69) is 37.5 Å². The molecule has 1 aromatic carbocycles. The van der Waals surface area contributed by atoms with Gasteiger partial charge in [0.2, 0.25) is 11.7 Å². The summed E-state index contributed by atoms with van der Waals surface area (Å²) in [6, 6.07) is 10.4. The van der Waals surface area contributed by atoms with Crippen LogP contribution in [0.25, 0.3) is 11.6 Å². The Kier molecular flexibility index (Phi) is 2.42. The van der Waals surface area contributed by atoms with Gasteiger partial charge in [0.1, 0.15) is 6.33 Å². The molecular weight excluding hydrogens is 254 g/mol. The first-order valence-electron chi connectivity index (χ1n) is 6.64. The summed E-state index contributed by atoms with van der Waals surface area (Å²) in [6.07, 6.45) is 4.68. The van der Waals surface area contributed by atoms with Crippen molar-refractivity contribution in [2.75, 3.05) is 0 Å². The highest BCUT2D eigenvalue weighted by atomic mass is 16.5. The van der Waals surface area contributed by atoms with Gasteiger partial charge in [-0.3, -0.25) is 5.10 Å². The van der Waals surface area contributed by atoms with Crippen molar-refractivity contribution in [3.8, 4) is 11.6 Å². The van der Waals surface area contributed by atoms with Crippen LogP contribution in [0.4, 0.5) is 0 Å². The van der Waals surface area contributed by atoms with Gasteiger partial charge in [-0.25, -0.2) is 4.98 Å². The van der Waals surface area contributed by atoms with Crippen LogP contribution in [0, 0.1) is 0 Å². The van der Waals surface area contributed by atoms with Gasteiger partial charge in [0.15, 0.2) is 5.82 Å². The normalized spacial score (nSPS) is 16.8. The Hall–Kier alpha value is -2.50. The van der Waals surface area contributed by atoms with E-state index in [9.17, 15) is 0 Å². The smallest absolute Gasteiger partial charge is 0.239 e. The minimum atomic E-state index is -0.132. The molecule has 6 nitrogen and oxygen atoms in total. The van der Waals surface area contributed by atoms with Crippen LogP contribution in [0.2, 0.25) is 0 Å². The number of aromatic nitrogens is 5. The molecule has 0 saturated heterocycles. The molecule has 2 heterocycles. The van der Waals surface area contributed by atoms with Gasteiger partial charge >= 0.3 is 0 Å². The fourth-order valence-corrected chi connectivity index (χ4v) is 2.74.